The maximum absolute atomic E-state index is 9.49. The lowest BCUT2D eigenvalue weighted by Crippen LogP contribution is -1.93. The minimum Gasteiger partial charge on any atom is -0.455 e. The van der Waals surface area contributed by atoms with Gasteiger partial charge in [-0.05, 0) is 66.5 Å². The first-order valence-corrected chi connectivity index (χ1v) is 14.6. The second-order valence-electron chi connectivity index (χ2n) is 10.8. The Balaban J connectivity index is 1.49. The van der Waals surface area contributed by atoms with E-state index < -0.39 is 60.4 Å². The van der Waals surface area contributed by atoms with Gasteiger partial charge >= 0.3 is 0 Å². The lowest BCUT2D eigenvalue weighted by Gasteiger charge is -2.20. The third-order valence-electron chi connectivity index (χ3n) is 8.34. The molecular weight excluding hydrogens is 544 g/mol. The Hall–Kier alpha value is -5.92. The van der Waals surface area contributed by atoms with Crippen molar-refractivity contribution < 1.29 is 19.5 Å². The first kappa shape index (κ1) is 16.8. The largest absolute Gasteiger partial charge is 0.455 e. The van der Waals surface area contributed by atoms with Crippen LogP contribution in [-0.4, -0.2) is 0 Å². The van der Waals surface area contributed by atoms with Crippen molar-refractivity contribution >= 4 is 43.5 Å². The fourth-order valence-corrected chi connectivity index (χ4v) is 6.48. The van der Waals surface area contributed by atoms with Gasteiger partial charge in [0.15, 0.2) is 0 Å². The van der Waals surface area contributed by atoms with Crippen LogP contribution in [0, 0.1) is 0 Å². The van der Waals surface area contributed by atoms with Crippen LogP contribution in [0.1, 0.15) is 15.1 Å². The molecule has 9 rings (SSSR count). The monoisotopic (exact) mass is 583 g/mol. The van der Waals surface area contributed by atoms with E-state index in [1.807, 2.05) is 78.9 Å². The van der Waals surface area contributed by atoms with E-state index in [-0.39, 0.29) is 44.7 Å². The second kappa shape index (κ2) is 10.4. The lowest BCUT2D eigenvalue weighted by molar-refractivity contribution is 0.670. The van der Waals surface area contributed by atoms with Crippen LogP contribution < -0.4 is 0 Å². The average Bonchev–Trinajstić information content (AvgIpc) is 3.62. The van der Waals surface area contributed by atoms with Crippen molar-refractivity contribution in [2.24, 2.45) is 0 Å². The van der Waals surface area contributed by atoms with Crippen molar-refractivity contribution in [2.45, 2.75) is 0 Å². The fraction of sp³-hybridized carbons (Fsp3) is 0. The Morgan fingerprint density at radius 1 is 0.378 bits per heavy atom. The van der Waals surface area contributed by atoms with Crippen molar-refractivity contribution in [3.8, 4) is 44.5 Å². The third-order valence-corrected chi connectivity index (χ3v) is 8.34. The molecule has 0 spiro atoms. The van der Waals surface area contributed by atoms with Crippen LogP contribution in [0.25, 0.3) is 88.0 Å². The lowest BCUT2D eigenvalue weighted by atomic mass is 9.83. The number of benzene rings is 8. The van der Waals surface area contributed by atoms with E-state index in [9.17, 15) is 2.74 Å². The standard InChI is InChI=1S/C44H28O/c1-3-15-29(16-4-1)31-19-7-8-20-33(31)41-34-21-9-11-23-36(34)42(37-24-12-10-22-35(37)41)38-26-14-28-40-43(38)39-27-13-25-32(44(39)45-40)30-17-5-2-6-18-30/h1-28H/i2D,5D,6D,13D,14D,17D,18D,25D,26D,27D,28D. The molecule has 0 aliphatic carbocycles. The van der Waals surface area contributed by atoms with Gasteiger partial charge in [-0.1, -0.05) is 164 Å². The Kier molecular flexibility index (Phi) is 3.87. The maximum Gasteiger partial charge on any atom is 0.143 e. The fourth-order valence-electron chi connectivity index (χ4n) is 6.48. The van der Waals surface area contributed by atoms with Gasteiger partial charge in [-0.3, -0.25) is 0 Å². The van der Waals surface area contributed by atoms with Crippen LogP contribution in [0.15, 0.2) is 174 Å². The molecule has 0 atom stereocenters. The highest BCUT2D eigenvalue weighted by atomic mass is 16.3. The highest BCUT2D eigenvalue weighted by Crippen LogP contribution is 2.48. The summed E-state index contributed by atoms with van der Waals surface area (Å²) in [5, 5.41) is 3.13. The number of hydrogen-bond acceptors (Lipinski definition) is 1. The Morgan fingerprint density at radius 3 is 1.62 bits per heavy atom. The predicted octanol–water partition coefficient (Wildman–Crippen LogP) is 12.6. The zero-order valence-electron chi connectivity index (χ0n) is 34.7. The van der Waals surface area contributed by atoms with Gasteiger partial charge in [-0.15, -0.1) is 0 Å². The van der Waals surface area contributed by atoms with Crippen LogP contribution >= 0.6 is 0 Å². The molecule has 0 saturated heterocycles. The van der Waals surface area contributed by atoms with Crippen molar-refractivity contribution in [3.05, 3.63) is 170 Å². The van der Waals surface area contributed by atoms with E-state index in [0.717, 1.165) is 33.0 Å². The van der Waals surface area contributed by atoms with E-state index in [0.29, 0.717) is 16.3 Å². The third kappa shape index (κ3) is 4.02. The summed E-state index contributed by atoms with van der Waals surface area (Å²) >= 11 is 0. The summed E-state index contributed by atoms with van der Waals surface area (Å²) in [6.45, 7) is 0. The van der Waals surface area contributed by atoms with Crippen molar-refractivity contribution in [3.63, 3.8) is 0 Å². The minimum atomic E-state index is -0.651. The molecule has 1 heterocycles. The van der Waals surface area contributed by atoms with Gasteiger partial charge in [-0.2, -0.15) is 0 Å². The molecule has 0 aliphatic heterocycles. The molecule has 0 fully saturated rings. The molecule has 1 heteroatoms. The molecule has 45 heavy (non-hydrogen) atoms. The van der Waals surface area contributed by atoms with Crippen molar-refractivity contribution in [2.75, 3.05) is 0 Å². The number of para-hydroxylation sites is 1. The van der Waals surface area contributed by atoms with Crippen LogP contribution in [0.2, 0.25) is 0 Å². The van der Waals surface area contributed by atoms with Crippen LogP contribution in [-0.2, 0) is 0 Å². The predicted molar refractivity (Wildman–Crippen MR) is 190 cm³/mol. The zero-order valence-corrected chi connectivity index (χ0v) is 23.7. The molecule has 0 bridgehead atoms. The summed E-state index contributed by atoms with van der Waals surface area (Å²) in [7, 11) is 0. The molecule has 1 aromatic heterocycles. The van der Waals surface area contributed by atoms with Crippen molar-refractivity contribution in [1.82, 2.24) is 0 Å². The average molecular weight is 584 g/mol. The molecule has 0 amide bonds. The topological polar surface area (TPSA) is 13.1 Å². The summed E-state index contributed by atoms with van der Waals surface area (Å²) in [6, 6.07) is 27.6. The molecule has 9 aromatic rings. The summed E-state index contributed by atoms with van der Waals surface area (Å²) in [4.78, 5) is 0. The van der Waals surface area contributed by atoms with Gasteiger partial charge in [0, 0.05) is 16.3 Å². The Labute approximate surface area is 277 Å². The van der Waals surface area contributed by atoms with Gasteiger partial charge in [-0.25, -0.2) is 0 Å². The molecular formula is C44H28O. The van der Waals surface area contributed by atoms with E-state index in [1.54, 1.807) is 0 Å². The Bertz CT molecular complexity index is 3070. The highest BCUT2D eigenvalue weighted by molar-refractivity contribution is 6.26. The smallest absolute Gasteiger partial charge is 0.143 e. The van der Waals surface area contributed by atoms with E-state index in [4.69, 9.17) is 16.8 Å². The first-order chi connectivity index (χ1) is 26.9. The quantitative estimate of drug-likeness (QED) is 0.188. The van der Waals surface area contributed by atoms with Gasteiger partial charge in [0.05, 0.1) is 15.1 Å². The van der Waals surface area contributed by atoms with Gasteiger partial charge < -0.3 is 4.42 Å². The molecule has 0 aliphatic rings. The van der Waals surface area contributed by atoms with Crippen LogP contribution in [0.5, 0.6) is 0 Å². The van der Waals surface area contributed by atoms with Gasteiger partial charge in [0.1, 0.15) is 11.2 Å². The first-order valence-electron chi connectivity index (χ1n) is 20.1. The second-order valence-corrected chi connectivity index (χ2v) is 10.8. The zero-order chi connectivity index (χ0) is 39.3. The molecule has 1 nitrogen and oxygen atoms in total. The van der Waals surface area contributed by atoms with E-state index in [2.05, 4.69) is 24.3 Å². The minimum absolute atomic E-state index is 0.0635. The van der Waals surface area contributed by atoms with E-state index >= 15 is 0 Å². The molecule has 210 valence electrons. The van der Waals surface area contributed by atoms with Crippen molar-refractivity contribution in [1.29, 1.82) is 0 Å². The molecule has 0 saturated carbocycles. The summed E-state index contributed by atoms with van der Waals surface area (Å²) in [5.74, 6) is 0. The normalized spacial score (nSPS) is 15.0. The van der Waals surface area contributed by atoms with Gasteiger partial charge in [0.2, 0.25) is 0 Å². The number of hydrogen-bond donors (Lipinski definition) is 0. The number of fused-ring (bicyclic) bond motifs is 5. The molecule has 0 radical (unpaired) electrons. The highest BCUT2D eigenvalue weighted by Gasteiger charge is 2.22. The van der Waals surface area contributed by atoms with E-state index in [1.165, 1.54) is 0 Å². The Morgan fingerprint density at radius 2 is 0.933 bits per heavy atom. The maximum atomic E-state index is 9.49. The van der Waals surface area contributed by atoms with Gasteiger partial charge in [0.25, 0.3) is 0 Å². The van der Waals surface area contributed by atoms with Crippen LogP contribution in [0.3, 0.4) is 0 Å². The molecule has 0 unspecified atom stereocenters. The number of rotatable bonds is 4. The summed E-state index contributed by atoms with van der Waals surface area (Å²) < 4.78 is 103. The summed E-state index contributed by atoms with van der Waals surface area (Å²) in [5.41, 5.74) is 3.55. The number of furan rings is 1. The summed E-state index contributed by atoms with van der Waals surface area (Å²) in [6.07, 6.45) is 0. The molecule has 8 aromatic carbocycles. The van der Waals surface area contributed by atoms with Crippen LogP contribution in [0.4, 0.5) is 0 Å². The molecule has 0 N–H and O–H groups in total. The SMILES string of the molecule is [2H]c1c([2H])c([2H])c(-c2c([2H])c([2H])c([2H])c3c2oc2c([2H])c([2H])c([2H])c(-c4c5ccccc5c(-c5ccccc5-c5ccccc5)c5ccccc45)c23)c([2H])c1[2H].